The van der Waals surface area contributed by atoms with Crippen molar-refractivity contribution in [3.8, 4) is 6.19 Å². The standard InChI is InChI=1S/C29H42N6O2S/c1-28(2,34-15-4-5-16-34)20-35-17-8-13-29(35,3)14-18-38(37,31-21-30)33-27(36)32-26-24-11-6-9-22(24)19-23-10-7-12-25(23)26/h14,18-19H,4-13,15-17,20H2,1-3H3,(H2,31,32,33,36,37)/b18-14+/t29-,38?/m0/s1. The van der Waals surface area contributed by atoms with E-state index < -0.39 is 15.9 Å². The molecule has 0 bridgehead atoms. The van der Waals surface area contributed by atoms with Crippen LogP contribution in [0.5, 0.6) is 0 Å². The van der Waals surface area contributed by atoms with E-state index in [0.717, 1.165) is 83.2 Å². The van der Waals surface area contributed by atoms with E-state index in [0.29, 0.717) is 0 Å². The van der Waals surface area contributed by atoms with E-state index in [9.17, 15) is 14.3 Å². The molecular formula is C29H42N6O2S. The lowest BCUT2D eigenvalue weighted by Gasteiger charge is -2.43. The first-order chi connectivity index (χ1) is 18.1. The van der Waals surface area contributed by atoms with Gasteiger partial charge in [0, 0.05) is 28.7 Å². The smallest absolute Gasteiger partial charge is 0.307 e. The van der Waals surface area contributed by atoms with Crippen LogP contribution in [0.2, 0.25) is 0 Å². The zero-order valence-corrected chi connectivity index (χ0v) is 24.0. The first kappa shape index (κ1) is 27.2. The Bertz CT molecular complexity index is 1250. The molecule has 0 spiro atoms. The molecule has 9 heteroatoms. The number of anilines is 1. The minimum atomic E-state index is -3.41. The molecule has 1 unspecified atom stereocenters. The summed E-state index contributed by atoms with van der Waals surface area (Å²) in [6.07, 6.45) is 14.2. The molecule has 2 heterocycles. The molecule has 1 aromatic carbocycles. The number of nitriles is 1. The topological polar surface area (TPSA) is 101 Å². The van der Waals surface area contributed by atoms with E-state index in [4.69, 9.17) is 0 Å². The molecule has 8 nitrogen and oxygen atoms in total. The molecule has 2 saturated heterocycles. The van der Waals surface area contributed by atoms with Gasteiger partial charge >= 0.3 is 6.03 Å². The van der Waals surface area contributed by atoms with Gasteiger partial charge in [0.2, 0.25) is 6.19 Å². The maximum atomic E-state index is 13.7. The third kappa shape index (κ3) is 5.49. The summed E-state index contributed by atoms with van der Waals surface area (Å²) in [5, 5.41) is 13.8. The fourth-order valence-electron chi connectivity index (χ4n) is 7.01. The van der Waals surface area contributed by atoms with Crippen LogP contribution in [0.3, 0.4) is 0 Å². The van der Waals surface area contributed by atoms with Gasteiger partial charge in [0.15, 0.2) is 9.92 Å². The Balaban J connectivity index is 1.32. The monoisotopic (exact) mass is 538 g/mol. The molecule has 1 aromatic rings. The van der Waals surface area contributed by atoms with E-state index >= 15 is 0 Å². The summed E-state index contributed by atoms with van der Waals surface area (Å²) in [6, 6.07) is 1.74. The molecule has 38 heavy (non-hydrogen) atoms. The molecule has 5 rings (SSSR count). The van der Waals surface area contributed by atoms with Gasteiger partial charge in [-0.15, -0.1) is 0 Å². The molecule has 206 valence electrons. The van der Waals surface area contributed by atoms with Crippen LogP contribution < -0.4 is 10.0 Å². The SMILES string of the molecule is CC(C)(CN1CCC[C@@]1(C)/C=C/S(=O)(=NC#N)NC(=O)Nc1c2c(cc3c1CCC3)CCC2)N1CCCC1. The Labute approximate surface area is 228 Å². The van der Waals surface area contributed by atoms with Crippen LogP contribution in [-0.4, -0.2) is 57.3 Å². The Hall–Kier alpha value is -2.41. The van der Waals surface area contributed by atoms with Crippen LogP contribution in [0.4, 0.5) is 10.5 Å². The quantitative estimate of drug-likeness (QED) is 0.481. The minimum absolute atomic E-state index is 0.0444. The number of benzene rings is 1. The zero-order chi connectivity index (χ0) is 27.0. The van der Waals surface area contributed by atoms with E-state index in [1.165, 1.54) is 40.5 Å². The summed E-state index contributed by atoms with van der Waals surface area (Å²) in [5.41, 5.74) is 5.64. The highest BCUT2D eigenvalue weighted by Crippen LogP contribution is 2.39. The van der Waals surface area contributed by atoms with Crippen molar-refractivity contribution < 1.29 is 9.00 Å². The summed E-state index contributed by atoms with van der Waals surface area (Å²) in [4.78, 5) is 18.2. The van der Waals surface area contributed by atoms with Gasteiger partial charge in [0.05, 0.1) is 0 Å². The maximum Gasteiger partial charge on any atom is 0.331 e. The first-order valence-electron chi connectivity index (χ1n) is 14.2. The lowest BCUT2D eigenvalue weighted by Crippen LogP contribution is -2.54. The van der Waals surface area contributed by atoms with Crippen molar-refractivity contribution in [2.24, 2.45) is 4.36 Å². The number of likely N-dealkylation sites (tertiary alicyclic amines) is 2. The van der Waals surface area contributed by atoms with Crippen molar-refractivity contribution in [2.45, 2.75) is 96.1 Å². The predicted octanol–water partition coefficient (Wildman–Crippen LogP) is 4.89. The molecule has 4 aliphatic rings. The predicted molar refractivity (Wildman–Crippen MR) is 152 cm³/mol. The van der Waals surface area contributed by atoms with E-state index in [1.54, 1.807) is 6.19 Å². The van der Waals surface area contributed by atoms with Gasteiger partial charge in [0.1, 0.15) is 0 Å². The van der Waals surface area contributed by atoms with Gasteiger partial charge in [-0.05, 0) is 127 Å². The van der Waals surface area contributed by atoms with Gasteiger partial charge < -0.3 is 5.32 Å². The number of hydrogen-bond donors (Lipinski definition) is 2. The second kappa shape index (κ2) is 10.6. The third-order valence-corrected chi connectivity index (χ3v) is 10.4. The molecule has 0 aromatic heterocycles. The van der Waals surface area contributed by atoms with Crippen molar-refractivity contribution >= 4 is 21.6 Å². The molecule has 0 saturated carbocycles. The van der Waals surface area contributed by atoms with Crippen LogP contribution >= 0.6 is 0 Å². The summed E-state index contributed by atoms with van der Waals surface area (Å²) >= 11 is 0. The lowest BCUT2D eigenvalue weighted by atomic mass is 9.95. The van der Waals surface area contributed by atoms with Gasteiger partial charge in [-0.1, -0.05) is 16.5 Å². The Morgan fingerprint density at radius 1 is 1.11 bits per heavy atom. The Morgan fingerprint density at radius 3 is 2.39 bits per heavy atom. The van der Waals surface area contributed by atoms with E-state index in [2.05, 4.69) is 51.0 Å². The fourth-order valence-corrected chi connectivity index (χ4v) is 8.10. The van der Waals surface area contributed by atoms with Crippen molar-refractivity contribution in [2.75, 3.05) is 31.5 Å². The summed E-state index contributed by atoms with van der Waals surface area (Å²) in [6.45, 7) is 10.9. The molecule has 2 fully saturated rings. The highest BCUT2D eigenvalue weighted by Gasteiger charge is 2.40. The number of amides is 2. The van der Waals surface area contributed by atoms with Gasteiger partial charge in [-0.25, -0.2) is 13.7 Å². The number of urea groups is 1. The normalized spacial score (nSPS) is 25.2. The van der Waals surface area contributed by atoms with Crippen molar-refractivity contribution in [3.05, 3.63) is 39.8 Å². The van der Waals surface area contributed by atoms with Crippen LogP contribution in [0, 0.1) is 11.5 Å². The van der Waals surface area contributed by atoms with Crippen LogP contribution in [0.1, 0.15) is 81.5 Å². The van der Waals surface area contributed by atoms with E-state index in [-0.39, 0.29) is 11.1 Å². The van der Waals surface area contributed by atoms with Gasteiger partial charge in [-0.3, -0.25) is 9.80 Å². The summed E-state index contributed by atoms with van der Waals surface area (Å²) in [5.74, 6) is 0. The highest BCUT2D eigenvalue weighted by atomic mass is 32.2. The van der Waals surface area contributed by atoms with Crippen LogP contribution in [0.15, 0.2) is 21.9 Å². The van der Waals surface area contributed by atoms with Crippen molar-refractivity contribution in [3.63, 3.8) is 0 Å². The largest absolute Gasteiger partial charge is 0.331 e. The maximum absolute atomic E-state index is 13.7. The van der Waals surface area contributed by atoms with Crippen molar-refractivity contribution in [1.29, 1.82) is 5.26 Å². The van der Waals surface area contributed by atoms with Gasteiger partial charge in [0.25, 0.3) is 0 Å². The first-order valence-corrected chi connectivity index (χ1v) is 15.8. The molecule has 2 N–H and O–H groups in total. The molecule has 2 aliphatic heterocycles. The summed E-state index contributed by atoms with van der Waals surface area (Å²) in [7, 11) is -3.41. The molecule has 2 aliphatic carbocycles. The van der Waals surface area contributed by atoms with Crippen LogP contribution in [0.25, 0.3) is 0 Å². The van der Waals surface area contributed by atoms with Crippen molar-refractivity contribution in [1.82, 2.24) is 14.5 Å². The second-order valence-corrected chi connectivity index (χ2v) is 14.0. The Kier molecular flexibility index (Phi) is 7.60. The second-order valence-electron chi connectivity index (χ2n) is 12.2. The highest BCUT2D eigenvalue weighted by molar-refractivity contribution is 7.95. The number of carbonyl (C=O) groups excluding carboxylic acids is 1. The minimum Gasteiger partial charge on any atom is -0.307 e. The number of fused-ring (bicyclic) bond motifs is 2. The average molecular weight is 539 g/mol. The fraction of sp³-hybridized carbons (Fsp3) is 0.655. The number of nitrogens with one attached hydrogen (secondary N) is 2. The number of aryl methyl sites for hydroxylation is 2. The molecule has 2 amide bonds. The molecule has 2 atom stereocenters. The summed E-state index contributed by atoms with van der Waals surface area (Å²) < 4.78 is 19.9. The number of nitrogens with zero attached hydrogens (tertiary/aromatic N) is 4. The third-order valence-electron chi connectivity index (χ3n) is 9.11. The molecular weight excluding hydrogens is 496 g/mol. The molecule has 0 radical (unpaired) electrons. The Morgan fingerprint density at radius 2 is 1.76 bits per heavy atom. The lowest BCUT2D eigenvalue weighted by molar-refractivity contribution is 0.0738. The van der Waals surface area contributed by atoms with Gasteiger partial charge in [-0.2, -0.15) is 5.26 Å². The number of carbonyl (C=O) groups is 1. The van der Waals surface area contributed by atoms with Crippen LogP contribution in [-0.2, 0) is 35.6 Å². The number of hydrogen-bond acceptors (Lipinski definition) is 6. The number of rotatable bonds is 7. The van der Waals surface area contributed by atoms with E-state index in [1.807, 2.05) is 6.08 Å². The zero-order valence-electron chi connectivity index (χ0n) is 23.1. The average Bonchev–Trinajstić information content (AvgIpc) is 3.66.